The monoisotopic (exact) mass is 293 g/mol. The average molecular weight is 293 g/mol. The molecule has 0 bridgehead atoms. The topological polar surface area (TPSA) is 65.8 Å². The second-order valence-corrected chi connectivity index (χ2v) is 5.21. The van der Waals surface area contributed by atoms with Crippen molar-refractivity contribution in [1.29, 1.82) is 0 Å². The van der Waals surface area contributed by atoms with E-state index in [2.05, 4.69) is 10.2 Å². The third kappa shape index (κ3) is 4.60. The first-order chi connectivity index (χ1) is 10.2. The van der Waals surface area contributed by atoms with Crippen LogP contribution in [0.25, 0.3) is 0 Å². The van der Waals surface area contributed by atoms with Crippen molar-refractivity contribution in [2.24, 2.45) is 0 Å². The predicted octanol–water partition coefficient (Wildman–Crippen LogP) is 0.954. The fraction of sp³-hybridized carbons (Fsp3) is 0.600. The molecule has 0 aromatic carbocycles. The summed E-state index contributed by atoms with van der Waals surface area (Å²) >= 11 is 0. The highest BCUT2D eigenvalue weighted by atomic mass is 16.3. The number of carbonyl (C=O) groups excluding carboxylic acids is 2. The van der Waals surface area contributed by atoms with Gasteiger partial charge in [0.15, 0.2) is 5.76 Å². The highest BCUT2D eigenvalue weighted by Crippen LogP contribution is 2.09. The molecule has 1 aromatic rings. The van der Waals surface area contributed by atoms with E-state index in [0.29, 0.717) is 31.8 Å². The Labute approximate surface area is 125 Å². The molecule has 2 amide bonds. The van der Waals surface area contributed by atoms with Crippen LogP contribution >= 0.6 is 0 Å². The van der Waals surface area contributed by atoms with Gasteiger partial charge in [-0.2, -0.15) is 0 Å². The Kier molecular flexibility index (Phi) is 5.80. The molecule has 21 heavy (non-hydrogen) atoms. The molecule has 0 aliphatic carbocycles. The SMILES string of the molecule is CCCC(=O)NCCN1CCN(C(=O)c2ccco2)CC1. The Morgan fingerprint density at radius 3 is 2.67 bits per heavy atom. The second-order valence-electron chi connectivity index (χ2n) is 5.21. The molecule has 1 aliphatic heterocycles. The van der Waals surface area contributed by atoms with Gasteiger partial charge in [0.1, 0.15) is 0 Å². The van der Waals surface area contributed by atoms with Crippen molar-refractivity contribution in [1.82, 2.24) is 15.1 Å². The maximum absolute atomic E-state index is 12.1. The molecular formula is C15H23N3O3. The zero-order chi connectivity index (χ0) is 15.1. The first-order valence-electron chi connectivity index (χ1n) is 7.52. The van der Waals surface area contributed by atoms with Crippen molar-refractivity contribution >= 4 is 11.8 Å². The van der Waals surface area contributed by atoms with Gasteiger partial charge in [-0.15, -0.1) is 0 Å². The van der Waals surface area contributed by atoms with Gasteiger partial charge in [0, 0.05) is 45.7 Å². The molecule has 0 spiro atoms. The number of hydrogen-bond donors (Lipinski definition) is 1. The molecule has 1 aromatic heterocycles. The lowest BCUT2D eigenvalue weighted by molar-refractivity contribution is -0.121. The smallest absolute Gasteiger partial charge is 0.289 e. The maximum atomic E-state index is 12.1. The van der Waals surface area contributed by atoms with E-state index in [1.54, 1.807) is 12.1 Å². The van der Waals surface area contributed by atoms with Crippen molar-refractivity contribution < 1.29 is 14.0 Å². The number of hydrogen-bond acceptors (Lipinski definition) is 4. The highest BCUT2D eigenvalue weighted by Gasteiger charge is 2.23. The fourth-order valence-corrected chi connectivity index (χ4v) is 2.40. The normalized spacial score (nSPS) is 16.0. The highest BCUT2D eigenvalue weighted by molar-refractivity contribution is 5.91. The molecule has 2 heterocycles. The number of nitrogens with zero attached hydrogens (tertiary/aromatic N) is 2. The van der Waals surface area contributed by atoms with Gasteiger partial charge in [-0.25, -0.2) is 0 Å². The molecule has 1 saturated heterocycles. The zero-order valence-electron chi connectivity index (χ0n) is 12.5. The van der Waals surface area contributed by atoms with E-state index in [4.69, 9.17) is 4.42 Å². The van der Waals surface area contributed by atoms with E-state index < -0.39 is 0 Å². The van der Waals surface area contributed by atoms with Crippen LogP contribution in [0.1, 0.15) is 30.3 Å². The summed E-state index contributed by atoms with van der Waals surface area (Å²) in [5, 5.41) is 2.91. The van der Waals surface area contributed by atoms with Crippen molar-refractivity contribution in [3.8, 4) is 0 Å². The quantitative estimate of drug-likeness (QED) is 0.848. The minimum absolute atomic E-state index is 0.0455. The number of furan rings is 1. The Morgan fingerprint density at radius 2 is 2.05 bits per heavy atom. The number of carbonyl (C=O) groups is 2. The Bertz CT molecular complexity index is 451. The largest absolute Gasteiger partial charge is 0.459 e. The molecule has 0 atom stereocenters. The van der Waals surface area contributed by atoms with Crippen LogP contribution in [0.5, 0.6) is 0 Å². The summed E-state index contributed by atoms with van der Waals surface area (Å²) in [6, 6.07) is 3.42. The summed E-state index contributed by atoms with van der Waals surface area (Å²) in [6.07, 6.45) is 2.98. The standard InChI is InChI=1S/C15H23N3O3/c1-2-4-14(19)16-6-7-17-8-10-18(11-9-17)15(20)13-5-3-12-21-13/h3,5,12H,2,4,6-11H2,1H3,(H,16,19). The molecule has 6 heteroatoms. The van der Waals surface area contributed by atoms with Crippen LogP contribution in [0.2, 0.25) is 0 Å². The summed E-state index contributed by atoms with van der Waals surface area (Å²) in [6.45, 7) is 6.55. The van der Waals surface area contributed by atoms with E-state index in [1.807, 2.05) is 11.8 Å². The molecule has 2 rings (SSSR count). The Hall–Kier alpha value is -1.82. The van der Waals surface area contributed by atoms with Gasteiger partial charge in [-0.3, -0.25) is 14.5 Å². The van der Waals surface area contributed by atoms with Gasteiger partial charge in [0.05, 0.1) is 6.26 Å². The van der Waals surface area contributed by atoms with Gasteiger partial charge in [-0.1, -0.05) is 6.92 Å². The van der Waals surface area contributed by atoms with E-state index in [9.17, 15) is 9.59 Å². The molecule has 0 saturated carbocycles. The minimum atomic E-state index is -0.0455. The molecule has 6 nitrogen and oxygen atoms in total. The van der Waals surface area contributed by atoms with Crippen LogP contribution in [-0.4, -0.2) is 60.9 Å². The zero-order valence-corrected chi connectivity index (χ0v) is 12.5. The maximum Gasteiger partial charge on any atom is 0.289 e. The van der Waals surface area contributed by atoms with Gasteiger partial charge in [-0.05, 0) is 18.6 Å². The summed E-state index contributed by atoms with van der Waals surface area (Å²) in [5.74, 6) is 0.468. The number of piperazine rings is 1. The predicted molar refractivity (Wildman–Crippen MR) is 79.0 cm³/mol. The third-order valence-corrected chi connectivity index (χ3v) is 3.62. The van der Waals surface area contributed by atoms with Crippen LogP contribution in [0.3, 0.4) is 0 Å². The summed E-state index contributed by atoms with van der Waals surface area (Å²) in [4.78, 5) is 27.5. The van der Waals surface area contributed by atoms with Crippen molar-refractivity contribution in [2.45, 2.75) is 19.8 Å². The van der Waals surface area contributed by atoms with Gasteiger partial charge in [0.2, 0.25) is 5.91 Å². The molecule has 116 valence electrons. The summed E-state index contributed by atoms with van der Waals surface area (Å²) in [7, 11) is 0. The fourth-order valence-electron chi connectivity index (χ4n) is 2.40. The lowest BCUT2D eigenvalue weighted by atomic mass is 10.2. The average Bonchev–Trinajstić information content (AvgIpc) is 3.02. The molecular weight excluding hydrogens is 270 g/mol. The van der Waals surface area contributed by atoms with Crippen molar-refractivity contribution in [3.05, 3.63) is 24.2 Å². The molecule has 1 aliphatic rings. The molecule has 0 unspecified atom stereocenters. The lowest BCUT2D eigenvalue weighted by Crippen LogP contribution is -2.50. The van der Waals surface area contributed by atoms with Gasteiger partial charge in [0.25, 0.3) is 5.91 Å². The molecule has 0 radical (unpaired) electrons. The van der Waals surface area contributed by atoms with Crippen molar-refractivity contribution in [3.63, 3.8) is 0 Å². The van der Waals surface area contributed by atoms with E-state index >= 15 is 0 Å². The first kappa shape index (κ1) is 15.6. The van der Waals surface area contributed by atoms with Crippen LogP contribution in [0.4, 0.5) is 0 Å². The summed E-state index contributed by atoms with van der Waals surface area (Å²) < 4.78 is 5.14. The van der Waals surface area contributed by atoms with E-state index in [1.165, 1.54) is 6.26 Å². The second kappa shape index (κ2) is 7.83. The van der Waals surface area contributed by atoms with Crippen LogP contribution in [-0.2, 0) is 4.79 Å². The third-order valence-electron chi connectivity index (χ3n) is 3.62. The lowest BCUT2D eigenvalue weighted by Gasteiger charge is -2.34. The van der Waals surface area contributed by atoms with E-state index in [0.717, 1.165) is 26.1 Å². The van der Waals surface area contributed by atoms with Crippen LogP contribution < -0.4 is 5.32 Å². The van der Waals surface area contributed by atoms with E-state index in [-0.39, 0.29) is 11.8 Å². The number of amides is 2. The molecule has 1 fully saturated rings. The van der Waals surface area contributed by atoms with Gasteiger partial charge < -0.3 is 14.6 Å². The Balaban J connectivity index is 1.66. The van der Waals surface area contributed by atoms with Crippen LogP contribution in [0, 0.1) is 0 Å². The Morgan fingerprint density at radius 1 is 1.29 bits per heavy atom. The summed E-state index contributed by atoms with van der Waals surface area (Å²) in [5.41, 5.74) is 0. The number of nitrogens with one attached hydrogen (secondary N) is 1. The van der Waals surface area contributed by atoms with Gasteiger partial charge >= 0.3 is 0 Å². The minimum Gasteiger partial charge on any atom is -0.459 e. The first-order valence-corrected chi connectivity index (χ1v) is 7.52. The number of rotatable bonds is 6. The molecule has 1 N–H and O–H groups in total. The van der Waals surface area contributed by atoms with Crippen LogP contribution in [0.15, 0.2) is 22.8 Å². The van der Waals surface area contributed by atoms with Crippen molar-refractivity contribution in [2.75, 3.05) is 39.3 Å².